The molecule has 26 heavy (non-hydrogen) atoms. The molecule has 2 aromatic rings. The van der Waals surface area contributed by atoms with Crippen LogP contribution in [0, 0.1) is 13.8 Å². The highest BCUT2D eigenvalue weighted by Crippen LogP contribution is 2.38. The maximum absolute atomic E-state index is 12.9. The van der Waals surface area contributed by atoms with Crippen molar-refractivity contribution in [2.45, 2.75) is 62.6 Å². The van der Waals surface area contributed by atoms with Crippen molar-refractivity contribution in [1.82, 2.24) is 25.1 Å². The molecule has 4 rings (SSSR count). The van der Waals surface area contributed by atoms with Gasteiger partial charge in [0.05, 0.1) is 17.6 Å². The summed E-state index contributed by atoms with van der Waals surface area (Å²) in [6.07, 6.45) is 8.53. The molecule has 0 aliphatic carbocycles. The summed E-state index contributed by atoms with van der Waals surface area (Å²) in [5.41, 5.74) is 1.14. The molecule has 2 aromatic heterocycles. The second-order valence-electron chi connectivity index (χ2n) is 7.16. The number of nitrogens with one attached hydrogen (secondary N) is 1. The molecule has 0 amide bonds. The number of ether oxygens (including phenoxy) is 1. The van der Waals surface area contributed by atoms with E-state index in [1.165, 1.54) is 0 Å². The van der Waals surface area contributed by atoms with Crippen molar-refractivity contribution in [3.05, 3.63) is 30.0 Å². The summed E-state index contributed by atoms with van der Waals surface area (Å²) in [5, 5.41) is 6.80. The van der Waals surface area contributed by atoms with Gasteiger partial charge >= 0.3 is 0 Å². The van der Waals surface area contributed by atoms with Crippen LogP contribution in [0.1, 0.15) is 37.1 Å². The van der Waals surface area contributed by atoms with Gasteiger partial charge in [-0.3, -0.25) is 15.0 Å². The number of hydrogen-bond donors (Lipinski definition) is 1. The molecule has 8 nitrogen and oxygen atoms in total. The van der Waals surface area contributed by atoms with E-state index in [0.717, 1.165) is 25.7 Å². The first-order chi connectivity index (χ1) is 12.4. The number of nitrogens with zero attached hydrogens (tertiary/aromatic N) is 4. The van der Waals surface area contributed by atoms with Crippen molar-refractivity contribution in [2.24, 2.45) is 0 Å². The molecular weight excluding hydrogens is 354 g/mol. The number of sulfone groups is 1. The average Bonchev–Trinajstić information content (AvgIpc) is 3.04. The van der Waals surface area contributed by atoms with Crippen LogP contribution >= 0.6 is 0 Å². The number of H-pyrrole nitrogens is 1. The molecule has 140 valence electrons. The molecular formula is C17H23N5O3S. The molecule has 2 bridgehead atoms. The van der Waals surface area contributed by atoms with Crippen LogP contribution in [0.25, 0.3) is 0 Å². The molecule has 4 heterocycles. The lowest BCUT2D eigenvalue weighted by Gasteiger charge is -2.38. The van der Waals surface area contributed by atoms with E-state index in [1.807, 2.05) is 0 Å². The molecule has 0 radical (unpaired) electrons. The van der Waals surface area contributed by atoms with Crippen molar-refractivity contribution in [3.63, 3.8) is 0 Å². The number of fused-ring (bicyclic) bond motifs is 2. The average molecular weight is 377 g/mol. The number of aromatic nitrogens is 4. The Balaban J connectivity index is 1.47. The van der Waals surface area contributed by atoms with Gasteiger partial charge in [0.15, 0.2) is 9.84 Å². The van der Waals surface area contributed by atoms with Crippen molar-refractivity contribution < 1.29 is 13.2 Å². The quantitative estimate of drug-likeness (QED) is 0.845. The summed E-state index contributed by atoms with van der Waals surface area (Å²) in [5.74, 6) is 0.573. The van der Waals surface area contributed by atoms with Gasteiger partial charge in [0.2, 0.25) is 5.88 Å². The van der Waals surface area contributed by atoms with Crippen LogP contribution in [-0.4, -0.2) is 57.5 Å². The Hall–Kier alpha value is -2.00. The normalized spacial score (nSPS) is 26.2. The predicted octanol–water partition coefficient (Wildman–Crippen LogP) is 1.62. The second-order valence-corrected chi connectivity index (χ2v) is 9.06. The van der Waals surface area contributed by atoms with E-state index in [9.17, 15) is 8.42 Å². The van der Waals surface area contributed by atoms with Crippen LogP contribution in [0.5, 0.6) is 5.88 Å². The van der Waals surface area contributed by atoms with Gasteiger partial charge in [-0.2, -0.15) is 5.10 Å². The molecule has 2 saturated heterocycles. The lowest BCUT2D eigenvalue weighted by Crippen LogP contribution is -2.48. The topological polar surface area (TPSA) is 101 Å². The van der Waals surface area contributed by atoms with E-state index in [4.69, 9.17) is 4.74 Å². The fourth-order valence-corrected chi connectivity index (χ4v) is 6.26. The Morgan fingerprint density at radius 3 is 2.54 bits per heavy atom. The summed E-state index contributed by atoms with van der Waals surface area (Å²) in [6.45, 7) is 3.48. The fraction of sp³-hybridized carbons (Fsp3) is 0.588. The molecule has 3 atom stereocenters. The summed E-state index contributed by atoms with van der Waals surface area (Å²) < 4.78 is 31.8. The third-order valence-corrected chi connectivity index (χ3v) is 7.22. The Morgan fingerprint density at radius 2 is 1.96 bits per heavy atom. The maximum Gasteiger partial charge on any atom is 0.232 e. The van der Waals surface area contributed by atoms with Crippen LogP contribution in [0.3, 0.4) is 0 Å². The molecule has 2 aliphatic heterocycles. The monoisotopic (exact) mass is 377 g/mol. The van der Waals surface area contributed by atoms with Gasteiger partial charge in [0, 0.05) is 24.5 Å². The number of aryl methyl sites for hydroxylation is 2. The van der Waals surface area contributed by atoms with Gasteiger partial charge < -0.3 is 4.74 Å². The number of aromatic amines is 1. The lowest BCUT2D eigenvalue weighted by molar-refractivity contribution is 0.0579. The molecule has 0 aromatic carbocycles. The van der Waals surface area contributed by atoms with E-state index in [-0.39, 0.29) is 24.1 Å². The van der Waals surface area contributed by atoms with Gasteiger partial charge in [-0.05, 0) is 39.5 Å². The molecule has 0 saturated carbocycles. The van der Waals surface area contributed by atoms with Gasteiger partial charge in [0.1, 0.15) is 16.9 Å². The van der Waals surface area contributed by atoms with Crippen molar-refractivity contribution in [3.8, 4) is 5.88 Å². The Labute approximate surface area is 152 Å². The van der Waals surface area contributed by atoms with Crippen LogP contribution in [0.4, 0.5) is 0 Å². The van der Waals surface area contributed by atoms with Gasteiger partial charge in [-0.15, -0.1) is 0 Å². The smallest absolute Gasteiger partial charge is 0.232 e. The summed E-state index contributed by atoms with van der Waals surface area (Å²) in [4.78, 5) is 10.7. The summed E-state index contributed by atoms with van der Waals surface area (Å²) in [6, 6.07) is 0.440. The van der Waals surface area contributed by atoms with Gasteiger partial charge in [-0.25, -0.2) is 13.4 Å². The third kappa shape index (κ3) is 3.21. The molecule has 0 unspecified atom stereocenters. The molecule has 9 heteroatoms. The fourth-order valence-electron chi connectivity index (χ4n) is 4.31. The number of hydrogen-bond acceptors (Lipinski definition) is 7. The SMILES string of the molecule is Cc1n[nH]c(C)c1S(=O)(=O)CN1[C@@H]2CC[C@H]1C[C@@H](Oc1cnccn1)C2. The summed E-state index contributed by atoms with van der Waals surface area (Å²) in [7, 11) is -3.41. The first-order valence-corrected chi connectivity index (χ1v) is 10.5. The van der Waals surface area contributed by atoms with Crippen LogP contribution in [-0.2, 0) is 9.84 Å². The van der Waals surface area contributed by atoms with E-state index in [1.54, 1.807) is 32.4 Å². The lowest BCUT2D eigenvalue weighted by atomic mass is 10.0. The van der Waals surface area contributed by atoms with Crippen molar-refractivity contribution >= 4 is 9.84 Å². The third-order valence-electron chi connectivity index (χ3n) is 5.36. The standard InChI is InChI=1S/C17H23N5O3S/c1-11-17(12(2)21-20-11)26(23,24)10-22-13-3-4-14(22)8-15(7-13)25-16-9-18-5-6-19-16/h5-6,9,13-15H,3-4,7-8,10H2,1-2H3,(H,20,21)/t13-,14+,15+. The first kappa shape index (κ1) is 17.4. The Bertz CT molecular complexity index is 850. The number of rotatable bonds is 5. The van der Waals surface area contributed by atoms with E-state index < -0.39 is 9.84 Å². The van der Waals surface area contributed by atoms with Crippen molar-refractivity contribution in [1.29, 1.82) is 0 Å². The van der Waals surface area contributed by atoms with E-state index in [2.05, 4.69) is 25.1 Å². The number of piperidine rings is 1. The maximum atomic E-state index is 12.9. The molecule has 2 fully saturated rings. The van der Waals surface area contributed by atoms with Crippen LogP contribution in [0.2, 0.25) is 0 Å². The van der Waals surface area contributed by atoms with Gasteiger partial charge in [0.25, 0.3) is 0 Å². The minimum absolute atomic E-state index is 0.0431. The minimum atomic E-state index is -3.41. The molecule has 1 N–H and O–H groups in total. The largest absolute Gasteiger partial charge is 0.473 e. The highest BCUT2D eigenvalue weighted by Gasteiger charge is 2.44. The highest BCUT2D eigenvalue weighted by atomic mass is 32.2. The predicted molar refractivity (Wildman–Crippen MR) is 94.4 cm³/mol. The Morgan fingerprint density at radius 1 is 1.23 bits per heavy atom. The first-order valence-electron chi connectivity index (χ1n) is 8.87. The summed E-state index contributed by atoms with van der Waals surface area (Å²) >= 11 is 0. The zero-order chi connectivity index (χ0) is 18.3. The van der Waals surface area contributed by atoms with Crippen molar-refractivity contribution in [2.75, 3.05) is 5.88 Å². The van der Waals surface area contributed by atoms with Crippen LogP contribution < -0.4 is 4.74 Å². The zero-order valence-corrected chi connectivity index (χ0v) is 15.7. The molecule has 0 spiro atoms. The molecule has 2 aliphatic rings. The second kappa shape index (κ2) is 6.62. The van der Waals surface area contributed by atoms with E-state index >= 15 is 0 Å². The minimum Gasteiger partial charge on any atom is -0.473 e. The van der Waals surface area contributed by atoms with E-state index in [0.29, 0.717) is 22.2 Å². The Kier molecular flexibility index (Phi) is 4.44. The van der Waals surface area contributed by atoms with Crippen LogP contribution in [0.15, 0.2) is 23.5 Å². The highest BCUT2D eigenvalue weighted by molar-refractivity contribution is 7.91. The zero-order valence-electron chi connectivity index (χ0n) is 14.9. The van der Waals surface area contributed by atoms with Gasteiger partial charge in [-0.1, -0.05) is 0 Å².